The maximum Gasteiger partial charge on any atom is 0.184 e. The lowest BCUT2D eigenvalue weighted by atomic mass is 10.1. The molecule has 0 amide bonds. The third-order valence-electron chi connectivity index (χ3n) is 4.59. The van der Waals surface area contributed by atoms with Crippen molar-refractivity contribution in [2.24, 2.45) is 0 Å². The maximum absolute atomic E-state index is 5.55. The average molecular weight is 325 g/mol. The summed E-state index contributed by atoms with van der Waals surface area (Å²) in [7, 11) is 0. The highest BCUT2D eigenvalue weighted by atomic mass is 16.8. The molecule has 0 saturated carbocycles. The Morgan fingerprint density at radius 3 is 1.74 bits per heavy atom. The quantitative estimate of drug-likeness (QED) is 0.167. The van der Waals surface area contributed by atoms with Gasteiger partial charge in [0, 0.05) is 6.61 Å². The average Bonchev–Trinajstić information content (AvgIpc) is 3.26. The van der Waals surface area contributed by atoms with Gasteiger partial charge in [0.05, 0.1) is 0 Å². The van der Waals surface area contributed by atoms with E-state index in [4.69, 9.17) is 9.47 Å². The number of hydrogen-bond acceptors (Lipinski definition) is 2. The van der Waals surface area contributed by atoms with Crippen LogP contribution in [0.2, 0.25) is 0 Å². The van der Waals surface area contributed by atoms with Crippen LogP contribution in [-0.4, -0.2) is 19.0 Å². The predicted molar refractivity (Wildman–Crippen MR) is 99.7 cm³/mol. The fourth-order valence-electron chi connectivity index (χ4n) is 2.89. The predicted octanol–water partition coefficient (Wildman–Crippen LogP) is 6.79. The van der Waals surface area contributed by atoms with Crippen LogP contribution >= 0.6 is 0 Å². The molecule has 1 rings (SSSR count). The third-order valence-corrected chi connectivity index (χ3v) is 4.59. The van der Waals surface area contributed by atoms with E-state index in [0.29, 0.717) is 6.10 Å². The van der Waals surface area contributed by atoms with Gasteiger partial charge in [0.15, 0.2) is 6.29 Å². The smallest absolute Gasteiger partial charge is 0.184 e. The molecule has 0 radical (unpaired) electrons. The molecule has 1 saturated heterocycles. The van der Waals surface area contributed by atoms with E-state index in [2.05, 4.69) is 26.0 Å². The van der Waals surface area contributed by atoms with Gasteiger partial charge in [-0.25, -0.2) is 0 Å². The molecule has 2 atom stereocenters. The van der Waals surface area contributed by atoms with E-state index >= 15 is 0 Å². The highest BCUT2D eigenvalue weighted by molar-refractivity contribution is 4.81. The number of unbranched alkanes of at least 4 members (excludes halogenated alkanes) is 12. The fraction of sp³-hybridized carbons (Fsp3) is 0.905. The maximum atomic E-state index is 5.55. The number of epoxide rings is 1. The first-order valence-corrected chi connectivity index (χ1v) is 10.3. The first-order chi connectivity index (χ1) is 11.3. The van der Waals surface area contributed by atoms with Crippen LogP contribution in [0.3, 0.4) is 0 Å². The van der Waals surface area contributed by atoms with Crippen molar-refractivity contribution in [2.75, 3.05) is 6.61 Å². The molecule has 1 fully saturated rings. The van der Waals surface area contributed by atoms with Gasteiger partial charge in [0.25, 0.3) is 0 Å². The zero-order valence-electron chi connectivity index (χ0n) is 15.7. The van der Waals surface area contributed by atoms with E-state index in [-0.39, 0.29) is 6.29 Å². The van der Waals surface area contributed by atoms with Gasteiger partial charge in [-0.05, 0) is 39.0 Å². The minimum atomic E-state index is 0.109. The molecule has 0 aliphatic carbocycles. The molecule has 0 aromatic heterocycles. The fourth-order valence-corrected chi connectivity index (χ4v) is 2.89. The van der Waals surface area contributed by atoms with Crippen LogP contribution < -0.4 is 0 Å². The van der Waals surface area contributed by atoms with Gasteiger partial charge in [-0.15, -0.1) is 0 Å². The summed E-state index contributed by atoms with van der Waals surface area (Å²) in [4.78, 5) is 0. The topological polar surface area (TPSA) is 21.8 Å². The highest BCUT2D eigenvalue weighted by Gasteiger charge is 2.34. The van der Waals surface area contributed by atoms with Gasteiger partial charge < -0.3 is 9.47 Å². The van der Waals surface area contributed by atoms with Gasteiger partial charge in [-0.1, -0.05) is 76.9 Å². The van der Waals surface area contributed by atoms with E-state index < -0.39 is 0 Å². The molecule has 136 valence electrons. The van der Waals surface area contributed by atoms with Gasteiger partial charge in [0.2, 0.25) is 0 Å². The van der Waals surface area contributed by atoms with Crippen molar-refractivity contribution >= 4 is 0 Å². The summed E-state index contributed by atoms with van der Waals surface area (Å²) in [5.41, 5.74) is 0. The van der Waals surface area contributed by atoms with Crippen molar-refractivity contribution in [3.63, 3.8) is 0 Å². The van der Waals surface area contributed by atoms with Gasteiger partial charge >= 0.3 is 0 Å². The minimum absolute atomic E-state index is 0.109. The van der Waals surface area contributed by atoms with E-state index in [0.717, 1.165) is 6.61 Å². The van der Waals surface area contributed by atoms with E-state index in [1.54, 1.807) is 0 Å². The summed E-state index contributed by atoms with van der Waals surface area (Å²) in [6.45, 7) is 5.21. The lowest BCUT2D eigenvalue weighted by Crippen LogP contribution is -1.99. The Labute approximate surface area is 145 Å². The van der Waals surface area contributed by atoms with Crippen molar-refractivity contribution in [2.45, 2.75) is 116 Å². The molecule has 0 aromatic carbocycles. The first kappa shape index (κ1) is 20.7. The molecule has 0 aromatic rings. The van der Waals surface area contributed by atoms with Gasteiger partial charge in [-0.3, -0.25) is 0 Å². The molecular formula is C21H40O2. The molecule has 2 unspecified atom stereocenters. The third kappa shape index (κ3) is 13.8. The lowest BCUT2D eigenvalue weighted by Gasteiger charge is -2.01. The second-order valence-corrected chi connectivity index (χ2v) is 7.02. The number of allylic oxidation sites excluding steroid dienone is 2. The normalized spacial score (nSPS) is 20.4. The Morgan fingerprint density at radius 1 is 0.739 bits per heavy atom. The van der Waals surface area contributed by atoms with E-state index in [1.807, 2.05) is 0 Å². The second kappa shape index (κ2) is 15.2. The minimum Gasteiger partial charge on any atom is -0.350 e. The Bertz CT molecular complexity index is 275. The number of rotatable bonds is 17. The summed E-state index contributed by atoms with van der Waals surface area (Å²) >= 11 is 0. The van der Waals surface area contributed by atoms with Crippen LogP contribution in [0, 0.1) is 0 Å². The van der Waals surface area contributed by atoms with E-state index in [9.17, 15) is 0 Å². The van der Waals surface area contributed by atoms with Gasteiger partial charge in [0.1, 0.15) is 6.10 Å². The molecule has 23 heavy (non-hydrogen) atoms. The largest absolute Gasteiger partial charge is 0.350 e. The van der Waals surface area contributed by atoms with Crippen molar-refractivity contribution in [3.8, 4) is 0 Å². The molecule has 1 aliphatic rings. The Balaban J connectivity index is 1.66. The number of ether oxygens (including phenoxy) is 2. The SMILES string of the molecule is CCCCCCCCC=CCCCCCCCCOC1OC1C. The van der Waals surface area contributed by atoms with Crippen LogP contribution in [0.4, 0.5) is 0 Å². The zero-order valence-corrected chi connectivity index (χ0v) is 15.7. The number of hydrogen-bond donors (Lipinski definition) is 0. The van der Waals surface area contributed by atoms with Crippen LogP contribution in [0.25, 0.3) is 0 Å². The standard InChI is InChI=1S/C21H40O2/c1-3-4-5-6-7-8-9-10-11-12-13-14-15-16-17-18-19-22-21-20(2)23-21/h10-11,20-21H,3-9,12-19H2,1-2H3. The molecular weight excluding hydrogens is 284 g/mol. The van der Waals surface area contributed by atoms with Crippen LogP contribution in [0.1, 0.15) is 104 Å². The zero-order chi connectivity index (χ0) is 16.6. The Kier molecular flexibility index (Phi) is 13.7. The highest BCUT2D eigenvalue weighted by Crippen LogP contribution is 2.22. The van der Waals surface area contributed by atoms with Gasteiger partial charge in [-0.2, -0.15) is 0 Å². The van der Waals surface area contributed by atoms with Crippen LogP contribution in [-0.2, 0) is 9.47 Å². The summed E-state index contributed by atoms with van der Waals surface area (Å²) in [5, 5.41) is 0. The molecule has 1 heterocycles. The van der Waals surface area contributed by atoms with Crippen LogP contribution in [0.5, 0.6) is 0 Å². The van der Waals surface area contributed by atoms with E-state index in [1.165, 1.54) is 89.9 Å². The molecule has 1 aliphatic heterocycles. The summed E-state index contributed by atoms with van der Waals surface area (Å²) < 4.78 is 10.8. The first-order valence-electron chi connectivity index (χ1n) is 10.3. The monoisotopic (exact) mass is 324 g/mol. The lowest BCUT2D eigenvalue weighted by molar-refractivity contribution is 0.0478. The molecule has 2 nitrogen and oxygen atoms in total. The summed E-state index contributed by atoms with van der Waals surface area (Å²) in [5.74, 6) is 0. The summed E-state index contributed by atoms with van der Waals surface area (Å²) in [6.07, 6.45) is 24.2. The van der Waals surface area contributed by atoms with Crippen LogP contribution in [0.15, 0.2) is 12.2 Å². The Morgan fingerprint density at radius 2 is 1.22 bits per heavy atom. The molecule has 0 spiro atoms. The Hall–Kier alpha value is -0.340. The van der Waals surface area contributed by atoms with Crippen molar-refractivity contribution in [1.29, 1.82) is 0 Å². The molecule has 0 bridgehead atoms. The molecule has 0 N–H and O–H groups in total. The van der Waals surface area contributed by atoms with Crippen molar-refractivity contribution in [3.05, 3.63) is 12.2 Å². The van der Waals surface area contributed by atoms with Crippen molar-refractivity contribution in [1.82, 2.24) is 0 Å². The molecule has 2 heteroatoms. The summed E-state index contributed by atoms with van der Waals surface area (Å²) in [6, 6.07) is 0. The van der Waals surface area contributed by atoms with Crippen molar-refractivity contribution < 1.29 is 9.47 Å². The second-order valence-electron chi connectivity index (χ2n) is 7.02.